The van der Waals surface area contributed by atoms with Gasteiger partial charge in [0.15, 0.2) is 5.90 Å². The Bertz CT molecular complexity index is 528. The zero-order chi connectivity index (χ0) is 17.0. The summed E-state index contributed by atoms with van der Waals surface area (Å²) in [5, 5.41) is 0. The number of carbonyl (C=O) groups excluding carboxylic acids is 1. The predicted octanol–water partition coefficient (Wildman–Crippen LogP) is 2.69. The quantitative estimate of drug-likeness (QED) is 0.432. The average Bonchev–Trinajstić information content (AvgIpc) is 2.43. The summed E-state index contributed by atoms with van der Waals surface area (Å²) in [6.45, 7) is 2.34. The molecule has 0 fully saturated rings. The third kappa shape index (κ3) is 3.94. The van der Waals surface area contributed by atoms with Gasteiger partial charge in [0.25, 0.3) is 0 Å². The minimum Gasteiger partial charge on any atom is -0.462 e. The molecule has 22 heavy (non-hydrogen) atoms. The van der Waals surface area contributed by atoms with Crippen LogP contribution in [0.4, 0.5) is 13.2 Å². The fraction of sp³-hybridized carbons (Fsp3) is 0.636. The number of ether oxygens (including phenoxy) is 2. The van der Waals surface area contributed by atoms with Crippen LogP contribution in [0.1, 0.15) is 13.8 Å². The first-order chi connectivity index (χ1) is 10.2. The van der Waals surface area contributed by atoms with E-state index in [-0.39, 0.29) is 12.5 Å². The molecule has 6 nitrogen and oxygen atoms in total. The highest BCUT2D eigenvalue weighted by molar-refractivity contribution is 8.38. The Morgan fingerprint density at radius 1 is 1.36 bits per heavy atom. The highest BCUT2D eigenvalue weighted by atomic mass is 32.2. The lowest BCUT2D eigenvalue weighted by Crippen LogP contribution is -2.53. The van der Waals surface area contributed by atoms with E-state index in [0.717, 1.165) is 0 Å². The van der Waals surface area contributed by atoms with Crippen molar-refractivity contribution in [2.75, 3.05) is 19.1 Å². The monoisotopic (exact) mass is 357 g/mol. The Balaban J connectivity index is 3.41. The molecule has 0 spiro atoms. The Morgan fingerprint density at radius 3 is 2.41 bits per heavy atom. The van der Waals surface area contributed by atoms with Crippen molar-refractivity contribution in [1.29, 1.82) is 0 Å². The highest BCUT2D eigenvalue weighted by Gasteiger charge is 2.65. The van der Waals surface area contributed by atoms with Crippen LogP contribution in [0.15, 0.2) is 15.0 Å². The number of alkyl halides is 3. The SMILES string of the molecule is CCOC(=O)[C@@]1(C(F)(F)F)N=C(C)OC(N=C(SC)SC)=N1. The zero-order valence-corrected chi connectivity index (χ0v) is 13.9. The summed E-state index contributed by atoms with van der Waals surface area (Å²) in [4.78, 5) is 22.2. The smallest absolute Gasteiger partial charge is 0.446 e. The van der Waals surface area contributed by atoms with Gasteiger partial charge >= 0.3 is 23.8 Å². The first-order valence-electron chi connectivity index (χ1n) is 5.95. The summed E-state index contributed by atoms with van der Waals surface area (Å²) < 4.78 is 50.0. The normalized spacial score (nSPS) is 21.4. The molecule has 0 bridgehead atoms. The number of hydrogen-bond donors (Lipinski definition) is 0. The van der Waals surface area contributed by atoms with Gasteiger partial charge in [0.2, 0.25) is 0 Å². The molecule has 11 heteroatoms. The van der Waals surface area contributed by atoms with E-state index in [1.807, 2.05) is 0 Å². The van der Waals surface area contributed by atoms with Crippen LogP contribution in [-0.2, 0) is 14.3 Å². The maximum atomic E-state index is 13.4. The van der Waals surface area contributed by atoms with E-state index in [4.69, 9.17) is 4.74 Å². The Morgan fingerprint density at radius 2 is 1.95 bits per heavy atom. The van der Waals surface area contributed by atoms with Gasteiger partial charge in [-0.15, -0.1) is 23.5 Å². The molecular weight excluding hydrogens is 343 g/mol. The Kier molecular flexibility index (Phi) is 6.29. The van der Waals surface area contributed by atoms with E-state index < -0.39 is 23.8 Å². The summed E-state index contributed by atoms with van der Waals surface area (Å²) in [5.74, 6) is -1.99. The first-order valence-corrected chi connectivity index (χ1v) is 8.40. The number of rotatable bonds is 2. The van der Waals surface area contributed by atoms with Crippen molar-refractivity contribution in [2.24, 2.45) is 15.0 Å². The van der Waals surface area contributed by atoms with Gasteiger partial charge in [0, 0.05) is 6.92 Å². The van der Waals surface area contributed by atoms with Crippen LogP contribution in [0.5, 0.6) is 0 Å². The molecule has 0 radical (unpaired) electrons. The minimum absolute atomic E-state index is 0.235. The van der Waals surface area contributed by atoms with Crippen LogP contribution in [0.3, 0.4) is 0 Å². The fourth-order valence-corrected chi connectivity index (χ4v) is 2.44. The molecule has 0 aliphatic carbocycles. The first kappa shape index (κ1) is 18.8. The number of thioether (sulfide) groups is 2. The van der Waals surface area contributed by atoms with Gasteiger partial charge in [-0.25, -0.2) is 9.79 Å². The Labute approximate surface area is 133 Å². The van der Waals surface area contributed by atoms with Gasteiger partial charge in [0.1, 0.15) is 4.38 Å². The van der Waals surface area contributed by atoms with Crippen molar-refractivity contribution in [1.82, 2.24) is 0 Å². The molecule has 0 aromatic carbocycles. The number of hydrogen-bond acceptors (Lipinski definition) is 8. The molecule has 1 aliphatic rings. The molecule has 0 aromatic heterocycles. The van der Waals surface area contributed by atoms with Gasteiger partial charge in [0.05, 0.1) is 6.61 Å². The summed E-state index contributed by atoms with van der Waals surface area (Å²) >= 11 is 2.41. The summed E-state index contributed by atoms with van der Waals surface area (Å²) in [6, 6.07) is -0.587. The maximum absolute atomic E-state index is 13.4. The van der Waals surface area contributed by atoms with Crippen LogP contribution in [0, 0.1) is 0 Å². The molecule has 124 valence electrons. The molecule has 0 saturated carbocycles. The third-order valence-corrected chi connectivity index (χ3v) is 4.19. The number of halogens is 3. The molecule has 1 atom stereocenters. The lowest BCUT2D eigenvalue weighted by molar-refractivity contribution is -0.204. The summed E-state index contributed by atoms with van der Waals surface area (Å²) in [5.41, 5.74) is -3.38. The van der Waals surface area contributed by atoms with Gasteiger partial charge in [-0.2, -0.15) is 23.2 Å². The van der Waals surface area contributed by atoms with Crippen LogP contribution in [0.25, 0.3) is 0 Å². The van der Waals surface area contributed by atoms with Crippen LogP contribution in [0.2, 0.25) is 0 Å². The fourth-order valence-electron chi connectivity index (χ4n) is 1.44. The molecule has 1 rings (SSSR count). The lowest BCUT2D eigenvalue weighted by Gasteiger charge is -2.28. The number of carbonyl (C=O) groups is 1. The molecule has 0 unspecified atom stereocenters. The van der Waals surface area contributed by atoms with Crippen molar-refractivity contribution in [3.8, 4) is 0 Å². The van der Waals surface area contributed by atoms with E-state index in [0.29, 0.717) is 4.38 Å². The highest BCUT2D eigenvalue weighted by Crippen LogP contribution is 2.38. The molecule has 0 amide bonds. The van der Waals surface area contributed by atoms with Crippen molar-refractivity contribution >= 4 is 45.8 Å². The lowest BCUT2D eigenvalue weighted by atomic mass is 10.1. The van der Waals surface area contributed by atoms with E-state index in [1.165, 1.54) is 37.4 Å². The number of nitrogens with zero attached hydrogens (tertiary/aromatic N) is 3. The van der Waals surface area contributed by atoms with Gasteiger partial charge in [-0.05, 0) is 19.4 Å². The van der Waals surface area contributed by atoms with E-state index >= 15 is 0 Å². The van der Waals surface area contributed by atoms with Crippen molar-refractivity contribution < 1.29 is 27.4 Å². The van der Waals surface area contributed by atoms with Crippen molar-refractivity contribution in [3.05, 3.63) is 0 Å². The standard InChI is InChI=1S/C11H14F3N3O3S2/c1-5-19-7(18)10(11(12,13)14)16-6(2)20-8(17-10)15-9(21-3)22-4/h5H2,1-4H3/t10-/m1/s1. The van der Waals surface area contributed by atoms with E-state index in [9.17, 15) is 18.0 Å². The molecule has 0 saturated heterocycles. The van der Waals surface area contributed by atoms with E-state index in [2.05, 4.69) is 19.7 Å². The largest absolute Gasteiger partial charge is 0.462 e. The van der Waals surface area contributed by atoms with Gasteiger partial charge < -0.3 is 9.47 Å². The summed E-state index contributed by atoms with van der Waals surface area (Å²) in [6.07, 6.45) is -1.69. The van der Waals surface area contributed by atoms with E-state index in [1.54, 1.807) is 12.5 Å². The summed E-state index contributed by atoms with van der Waals surface area (Å²) in [7, 11) is 0. The number of aliphatic imine (C=N–C) groups is 3. The molecular formula is C11H14F3N3O3S2. The van der Waals surface area contributed by atoms with Crippen molar-refractivity contribution in [2.45, 2.75) is 25.7 Å². The molecule has 1 heterocycles. The van der Waals surface area contributed by atoms with Crippen LogP contribution < -0.4 is 0 Å². The third-order valence-electron chi connectivity index (χ3n) is 2.31. The van der Waals surface area contributed by atoms with Gasteiger partial charge in [-0.3, -0.25) is 0 Å². The number of amidine groups is 1. The molecule has 0 aromatic rings. The number of esters is 1. The molecule has 1 aliphatic heterocycles. The second kappa shape index (κ2) is 7.36. The van der Waals surface area contributed by atoms with Crippen molar-refractivity contribution in [3.63, 3.8) is 0 Å². The minimum atomic E-state index is -5.08. The predicted molar refractivity (Wildman–Crippen MR) is 81.5 cm³/mol. The van der Waals surface area contributed by atoms with Crippen LogP contribution in [-0.4, -0.2) is 53.2 Å². The second-order valence-electron chi connectivity index (χ2n) is 3.80. The molecule has 0 N–H and O–H groups in total. The topological polar surface area (TPSA) is 72.6 Å². The zero-order valence-electron chi connectivity index (χ0n) is 12.2. The second-order valence-corrected chi connectivity index (χ2v) is 5.65. The Hall–Kier alpha value is -1.23. The van der Waals surface area contributed by atoms with Gasteiger partial charge in [-0.1, -0.05) is 0 Å². The van der Waals surface area contributed by atoms with Crippen LogP contribution >= 0.6 is 23.5 Å². The average molecular weight is 357 g/mol. The maximum Gasteiger partial charge on any atom is 0.446 e.